The average molecular weight is 216 g/mol. The van der Waals surface area contributed by atoms with Crippen molar-refractivity contribution in [1.29, 1.82) is 0 Å². The molecular weight excluding hydrogens is 194 g/mol. The second kappa shape index (κ2) is 7.53. The molecule has 3 atom stereocenters. The van der Waals surface area contributed by atoms with Crippen LogP contribution < -0.4 is 18.6 Å². The zero-order valence-electron chi connectivity index (χ0n) is 8.79. The van der Waals surface area contributed by atoms with Crippen molar-refractivity contribution in [1.82, 2.24) is 6.15 Å². The molecule has 0 bridgehead atoms. The fourth-order valence-corrected chi connectivity index (χ4v) is 1.17. The van der Waals surface area contributed by atoms with Crippen LogP contribution in [0.1, 0.15) is 33.6 Å². The first-order valence-electron chi connectivity index (χ1n) is 4.00. The number of halogens is 1. The Morgan fingerprint density at radius 3 is 1.92 bits per heavy atom. The maximum atomic E-state index is 9.54. The number of rotatable bonds is 4. The Balaban J connectivity index is -0.000000500. The SMILES string of the molecule is CCCC(C)(O)C(O)C(C)O.[Cl-].[NH4+]. The molecule has 0 aromatic rings. The van der Waals surface area contributed by atoms with Crippen LogP contribution in [-0.2, 0) is 0 Å². The molecule has 0 saturated carbocycles. The van der Waals surface area contributed by atoms with Crippen LogP contribution in [0.2, 0.25) is 0 Å². The molecule has 0 aliphatic heterocycles. The maximum absolute atomic E-state index is 9.54. The summed E-state index contributed by atoms with van der Waals surface area (Å²) in [4.78, 5) is 0. The lowest BCUT2D eigenvalue weighted by atomic mass is 9.91. The van der Waals surface area contributed by atoms with Crippen LogP contribution in [-0.4, -0.2) is 33.1 Å². The lowest BCUT2D eigenvalue weighted by molar-refractivity contribution is -0.114. The first kappa shape index (κ1) is 18.8. The van der Waals surface area contributed by atoms with E-state index in [4.69, 9.17) is 5.11 Å². The van der Waals surface area contributed by atoms with E-state index in [9.17, 15) is 10.2 Å². The summed E-state index contributed by atoms with van der Waals surface area (Å²) in [7, 11) is 0. The molecule has 0 fully saturated rings. The lowest BCUT2D eigenvalue weighted by Crippen LogP contribution is -3.00. The van der Waals surface area contributed by atoms with Gasteiger partial charge >= 0.3 is 0 Å². The van der Waals surface area contributed by atoms with Gasteiger partial charge in [-0.25, -0.2) is 0 Å². The third-order valence-corrected chi connectivity index (χ3v) is 1.85. The first-order chi connectivity index (χ1) is 4.91. The Bertz CT molecular complexity index is 120. The maximum Gasteiger partial charge on any atom is 0.108 e. The minimum Gasteiger partial charge on any atom is -1.00 e. The minimum absolute atomic E-state index is 0. The van der Waals surface area contributed by atoms with Gasteiger partial charge in [-0.2, -0.15) is 0 Å². The van der Waals surface area contributed by atoms with Crippen LogP contribution in [0.4, 0.5) is 0 Å². The van der Waals surface area contributed by atoms with Crippen molar-refractivity contribution in [3.8, 4) is 0 Å². The van der Waals surface area contributed by atoms with E-state index in [1.165, 1.54) is 13.8 Å². The van der Waals surface area contributed by atoms with E-state index in [-0.39, 0.29) is 18.6 Å². The van der Waals surface area contributed by atoms with Crippen LogP contribution in [0.3, 0.4) is 0 Å². The molecule has 0 saturated heterocycles. The second-order valence-corrected chi connectivity index (χ2v) is 3.29. The highest BCUT2D eigenvalue weighted by Crippen LogP contribution is 2.18. The van der Waals surface area contributed by atoms with Gasteiger partial charge < -0.3 is 33.9 Å². The molecule has 0 amide bonds. The van der Waals surface area contributed by atoms with E-state index in [0.717, 1.165) is 6.42 Å². The van der Waals surface area contributed by atoms with E-state index >= 15 is 0 Å². The quantitative estimate of drug-likeness (QED) is 0.423. The van der Waals surface area contributed by atoms with E-state index in [1.807, 2.05) is 6.92 Å². The van der Waals surface area contributed by atoms with Crippen molar-refractivity contribution < 1.29 is 27.7 Å². The standard InChI is InChI=1S/C8H18O3.ClH.H3N/c1-4-5-8(3,11)7(10)6(2)9;;/h6-7,9-11H,4-5H2,1-3H3;1H;1H3. The predicted molar refractivity (Wildman–Crippen MR) is 49.2 cm³/mol. The largest absolute Gasteiger partial charge is 1.00 e. The van der Waals surface area contributed by atoms with Crippen molar-refractivity contribution in [3.05, 3.63) is 0 Å². The summed E-state index contributed by atoms with van der Waals surface area (Å²) < 4.78 is 0. The smallest absolute Gasteiger partial charge is 0.108 e. The van der Waals surface area contributed by atoms with E-state index in [0.29, 0.717) is 6.42 Å². The molecule has 7 N–H and O–H groups in total. The summed E-state index contributed by atoms with van der Waals surface area (Å²) in [5, 5.41) is 27.8. The summed E-state index contributed by atoms with van der Waals surface area (Å²) in [6.45, 7) is 4.92. The number of aliphatic hydroxyl groups excluding tert-OH is 2. The topological polar surface area (TPSA) is 97.2 Å². The molecule has 0 heterocycles. The molecular formula is C8H22ClNO3. The highest BCUT2D eigenvalue weighted by Gasteiger charge is 2.32. The molecule has 5 heteroatoms. The van der Waals surface area contributed by atoms with Crippen LogP contribution in [0.25, 0.3) is 0 Å². The van der Waals surface area contributed by atoms with Gasteiger partial charge in [0.1, 0.15) is 6.10 Å². The predicted octanol–water partition coefficient (Wildman–Crippen LogP) is -2.34. The van der Waals surface area contributed by atoms with Crippen molar-refractivity contribution in [3.63, 3.8) is 0 Å². The molecule has 0 radical (unpaired) electrons. The Morgan fingerprint density at radius 1 is 1.31 bits per heavy atom. The Morgan fingerprint density at radius 2 is 1.69 bits per heavy atom. The molecule has 0 aromatic carbocycles. The van der Waals surface area contributed by atoms with Gasteiger partial charge in [0.25, 0.3) is 0 Å². The first-order valence-corrected chi connectivity index (χ1v) is 4.00. The molecule has 3 unspecified atom stereocenters. The van der Waals surface area contributed by atoms with E-state index in [1.54, 1.807) is 0 Å². The van der Waals surface area contributed by atoms with Crippen molar-refractivity contribution in [2.45, 2.75) is 51.4 Å². The third kappa shape index (κ3) is 6.23. The average Bonchev–Trinajstić information content (AvgIpc) is 1.86. The molecule has 0 aliphatic rings. The minimum atomic E-state index is -1.16. The molecule has 0 aliphatic carbocycles. The van der Waals surface area contributed by atoms with Gasteiger partial charge in [-0.1, -0.05) is 13.3 Å². The molecule has 0 aromatic heterocycles. The highest BCUT2D eigenvalue weighted by molar-refractivity contribution is 4.84. The fraction of sp³-hybridized carbons (Fsp3) is 1.00. The number of quaternary nitrogens is 1. The van der Waals surface area contributed by atoms with Gasteiger partial charge in [0.05, 0.1) is 11.7 Å². The van der Waals surface area contributed by atoms with Gasteiger partial charge in [0.15, 0.2) is 0 Å². The zero-order chi connectivity index (χ0) is 9.07. The van der Waals surface area contributed by atoms with Crippen LogP contribution in [0.15, 0.2) is 0 Å². The number of aliphatic hydroxyl groups is 3. The summed E-state index contributed by atoms with van der Waals surface area (Å²) in [6.07, 6.45) is -0.644. The molecule has 13 heavy (non-hydrogen) atoms. The van der Waals surface area contributed by atoms with Crippen molar-refractivity contribution in [2.24, 2.45) is 0 Å². The van der Waals surface area contributed by atoms with Gasteiger partial charge in [0, 0.05) is 0 Å². The number of hydrogen-bond donors (Lipinski definition) is 4. The third-order valence-electron chi connectivity index (χ3n) is 1.85. The highest BCUT2D eigenvalue weighted by atomic mass is 35.5. The van der Waals surface area contributed by atoms with Crippen molar-refractivity contribution in [2.75, 3.05) is 0 Å². The summed E-state index contributed by atoms with van der Waals surface area (Å²) >= 11 is 0. The van der Waals surface area contributed by atoms with E-state index in [2.05, 4.69) is 0 Å². The van der Waals surface area contributed by atoms with Gasteiger partial charge in [-0.3, -0.25) is 0 Å². The van der Waals surface area contributed by atoms with E-state index < -0.39 is 17.8 Å². The lowest BCUT2D eigenvalue weighted by Gasteiger charge is -2.30. The number of hydrogen-bond acceptors (Lipinski definition) is 3. The molecule has 4 nitrogen and oxygen atoms in total. The van der Waals surface area contributed by atoms with Crippen LogP contribution >= 0.6 is 0 Å². The Labute approximate surface area is 86.0 Å². The van der Waals surface area contributed by atoms with Gasteiger partial charge in [0.2, 0.25) is 0 Å². The Hall–Kier alpha value is 0.130. The van der Waals surface area contributed by atoms with Gasteiger partial charge in [-0.05, 0) is 20.3 Å². The zero-order valence-corrected chi connectivity index (χ0v) is 9.54. The van der Waals surface area contributed by atoms with Crippen molar-refractivity contribution >= 4 is 0 Å². The molecule has 0 spiro atoms. The molecule has 84 valence electrons. The second-order valence-electron chi connectivity index (χ2n) is 3.29. The fourth-order valence-electron chi connectivity index (χ4n) is 1.17. The summed E-state index contributed by atoms with van der Waals surface area (Å²) in [6, 6.07) is 0. The Kier molecular flexibility index (Phi) is 10.9. The summed E-state index contributed by atoms with van der Waals surface area (Å²) in [5.41, 5.74) is -1.16. The van der Waals surface area contributed by atoms with Gasteiger partial charge in [-0.15, -0.1) is 0 Å². The molecule has 0 rings (SSSR count). The monoisotopic (exact) mass is 215 g/mol. The van der Waals surface area contributed by atoms with Crippen LogP contribution in [0.5, 0.6) is 0 Å². The normalized spacial score (nSPS) is 18.9. The summed E-state index contributed by atoms with van der Waals surface area (Å²) in [5.74, 6) is 0. The van der Waals surface area contributed by atoms with Crippen LogP contribution in [0, 0.1) is 0 Å².